The molecule has 1 aromatic carbocycles. The number of aromatic nitrogens is 3. The molecular weight excluding hydrogens is 295 g/mol. The van der Waals surface area contributed by atoms with Gasteiger partial charge in [-0.3, -0.25) is 4.79 Å². The van der Waals surface area contributed by atoms with E-state index in [2.05, 4.69) is 20.1 Å². The molecule has 0 bridgehead atoms. The molecule has 23 heavy (non-hydrogen) atoms. The predicted molar refractivity (Wildman–Crippen MR) is 84.2 cm³/mol. The van der Waals surface area contributed by atoms with Gasteiger partial charge in [-0.25, -0.2) is 4.39 Å². The average molecular weight is 316 g/mol. The lowest BCUT2D eigenvalue weighted by Gasteiger charge is -2.15. The van der Waals surface area contributed by atoms with E-state index in [0.717, 1.165) is 37.5 Å². The lowest BCUT2D eigenvalue weighted by Crippen LogP contribution is -2.30. The lowest BCUT2D eigenvalue weighted by atomic mass is 10.1. The summed E-state index contributed by atoms with van der Waals surface area (Å²) >= 11 is 0. The maximum atomic E-state index is 13.2. The first-order valence-electron chi connectivity index (χ1n) is 8.09. The summed E-state index contributed by atoms with van der Waals surface area (Å²) in [5.41, 5.74) is 0.662. The van der Waals surface area contributed by atoms with Crippen LogP contribution in [0.25, 0.3) is 0 Å². The third kappa shape index (κ3) is 3.75. The standard InChI is InChI=1S/C17H21FN4O/c1-12(17-21-20-15-8-3-2-4-9-22(15)17)19-16(23)11-13-6-5-7-14(18)10-13/h5-7,10,12H,2-4,8-9,11H2,1H3,(H,19,23). The number of aryl methyl sites for hydroxylation is 1. The third-order valence-electron chi connectivity index (χ3n) is 4.16. The first-order chi connectivity index (χ1) is 11.1. The van der Waals surface area contributed by atoms with Gasteiger partial charge in [0.25, 0.3) is 0 Å². The van der Waals surface area contributed by atoms with Crippen molar-refractivity contribution in [2.24, 2.45) is 0 Å². The molecule has 0 saturated carbocycles. The lowest BCUT2D eigenvalue weighted by molar-refractivity contribution is -0.121. The molecule has 0 radical (unpaired) electrons. The van der Waals surface area contributed by atoms with Gasteiger partial charge in [-0.2, -0.15) is 0 Å². The second-order valence-corrected chi connectivity index (χ2v) is 6.03. The Kier molecular flexibility index (Phi) is 4.69. The number of nitrogens with one attached hydrogen (secondary N) is 1. The summed E-state index contributed by atoms with van der Waals surface area (Å²) in [6.45, 7) is 2.81. The highest BCUT2D eigenvalue weighted by atomic mass is 19.1. The number of carbonyl (C=O) groups excluding carboxylic acids is 1. The number of hydrogen-bond acceptors (Lipinski definition) is 3. The summed E-state index contributed by atoms with van der Waals surface area (Å²) in [7, 11) is 0. The number of halogens is 1. The Hall–Kier alpha value is -2.24. The molecule has 1 aliphatic rings. The summed E-state index contributed by atoms with van der Waals surface area (Å²) in [5.74, 6) is 1.33. The van der Waals surface area contributed by atoms with Gasteiger partial charge in [-0.05, 0) is 37.5 Å². The second kappa shape index (κ2) is 6.89. The van der Waals surface area contributed by atoms with Gasteiger partial charge in [0, 0.05) is 13.0 Å². The third-order valence-corrected chi connectivity index (χ3v) is 4.16. The van der Waals surface area contributed by atoms with E-state index in [9.17, 15) is 9.18 Å². The number of fused-ring (bicyclic) bond motifs is 1. The van der Waals surface area contributed by atoms with E-state index in [1.165, 1.54) is 18.6 Å². The van der Waals surface area contributed by atoms with Gasteiger partial charge >= 0.3 is 0 Å². The van der Waals surface area contributed by atoms with Gasteiger partial charge in [-0.1, -0.05) is 18.6 Å². The Balaban J connectivity index is 1.66. The molecule has 122 valence electrons. The van der Waals surface area contributed by atoms with Gasteiger partial charge < -0.3 is 9.88 Å². The van der Waals surface area contributed by atoms with E-state index in [-0.39, 0.29) is 24.2 Å². The number of benzene rings is 1. The highest BCUT2D eigenvalue weighted by Gasteiger charge is 2.20. The molecule has 1 atom stereocenters. The quantitative estimate of drug-likeness (QED) is 0.943. The Morgan fingerprint density at radius 3 is 3.04 bits per heavy atom. The highest BCUT2D eigenvalue weighted by Crippen LogP contribution is 2.18. The van der Waals surface area contributed by atoms with Crippen LogP contribution in [0.3, 0.4) is 0 Å². The average Bonchev–Trinajstić information content (AvgIpc) is 2.76. The predicted octanol–water partition coefficient (Wildman–Crippen LogP) is 2.56. The summed E-state index contributed by atoms with van der Waals surface area (Å²) in [5, 5.41) is 11.4. The maximum Gasteiger partial charge on any atom is 0.225 e. The van der Waals surface area contributed by atoms with E-state index >= 15 is 0 Å². The Bertz CT molecular complexity index is 698. The Morgan fingerprint density at radius 2 is 2.22 bits per heavy atom. The minimum absolute atomic E-state index is 0.144. The molecule has 2 heterocycles. The molecule has 1 amide bonds. The first kappa shape index (κ1) is 15.6. The van der Waals surface area contributed by atoms with Crippen LogP contribution in [0.4, 0.5) is 4.39 Å². The van der Waals surface area contributed by atoms with E-state index in [4.69, 9.17) is 0 Å². The smallest absolute Gasteiger partial charge is 0.225 e. The molecule has 1 aliphatic heterocycles. The van der Waals surface area contributed by atoms with Crippen LogP contribution < -0.4 is 5.32 Å². The zero-order chi connectivity index (χ0) is 16.2. The fourth-order valence-electron chi connectivity index (χ4n) is 3.02. The molecule has 2 aromatic rings. The van der Waals surface area contributed by atoms with Crippen molar-refractivity contribution in [2.45, 2.75) is 51.6 Å². The minimum Gasteiger partial charge on any atom is -0.346 e. The number of hydrogen-bond donors (Lipinski definition) is 1. The van der Waals surface area contributed by atoms with Crippen LogP contribution in [0.5, 0.6) is 0 Å². The molecule has 1 aromatic heterocycles. The monoisotopic (exact) mass is 316 g/mol. The van der Waals surface area contributed by atoms with E-state index in [0.29, 0.717) is 5.56 Å². The zero-order valence-electron chi connectivity index (χ0n) is 13.3. The van der Waals surface area contributed by atoms with Crippen molar-refractivity contribution in [1.82, 2.24) is 20.1 Å². The summed E-state index contributed by atoms with van der Waals surface area (Å²) < 4.78 is 15.3. The SMILES string of the molecule is CC(NC(=O)Cc1cccc(F)c1)c1nnc2n1CCCCC2. The van der Waals surface area contributed by atoms with Crippen LogP contribution in [0, 0.1) is 5.82 Å². The molecule has 1 N–H and O–H groups in total. The molecule has 0 fully saturated rings. The van der Waals surface area contributed by atoms with Crippen molar-refractivity contribution in [3.05, 3.63) is 47.3 Å². The van der Waals surface area contributed by atoms with Crippen molar-refractivity contribution in [2.75, 3.05) is 0 Å². The van der Waals surface area contributed by atoms with Crippen molar-refractivity contribution in [3.8, 4) is 0 Å². The van der Waals surface area contributed by atoms with Crippen molar-refractivity contribution >= 4 is 5.91 Å². The van der Waals surface area contributed by atoms with Crippen LogP contribution in [0.1, 0.15) is 49.4 Å². The molecule has 0 saturated heterocycles. The zero-order valence-corrected chi connectivity index (χ0v) is 13.3. The minimum atomic E-state index is -0.328. The normalized spacial score (nSPS) is 15.6. The Morgan fingerprint density at radius 1 is 1.35 bits per heavy atom. The number of carbonyl (C=O) groups is 1. The molecule has 0 aliphatic carbocycles. The van der Waals surface area contributed by atoms with E-state index in [1.54, 1.807) is 12.1 Å². The van der Waals surface area contributed by atoms with E-state index < -0.39 is 0 Å². The van der Waals surface area contributed by atoms with E-state index in [1.807, 2.05) is 6.92 Å². The van der Waals surface area contributed by atoms with Crippen LogP contribution in [-0.2, 0) is 24.2 Å². The molecule has 1 unspecified atom stereocenters. The summed E-state index contributed by atoms with van der Waals surface area (Å²) in [6.07, 6.45) is 4.55. The highest BCUT2D eigenvalue weighted by molar-refractivity contribution is 5.78. The van der Waals surface area contributed by atoms with Crippen molar-refractivity contribution in [1.29, 1.82) is 0 Å². The van der Waals surface area contributed by atoms with Gasteiger partial charge in [0.1, 0.15) is 11.6 Å². The maximum absolute atomic E-state index is 13.2. The number of amides is 1. The van der Waals surface area contributed by atoms with Crippen LogP contribution in [-0.4, -0.2) is 20.7 Å². The molecular formula is C17H21FN4O. The van der Waals surface area contributed by atoms with Crippen LogP contribution in [0.2, 0.25) is 0 Å². The van der Waals surface area contributed by atoms with Gasteiger partial charge in [-0.15, -0.1) is 10.2 Å². The van der Waals surface area contributed by atoms with Crippen LogP contribution >= 0.6 is 0 Å². The molecule has 0 spiro atoms. The molecule has 5 nitrogen and oxygen atoms in total. The summed E-state index contributed by atoms with van der Waals surface area (Å²) in [6, 6.07) is 5.90. The first-order valence-corrected chi connectivity index (χ1v) is 8.09. The topological polar surface area (TPSA) is 59.8 Å². The fraction of sp³-hybridized carbons (Fsp3) is 0.471. The summed E-state index contributed by atoms with van der Waals surface area (Å²) in [4.78, 5) is 12.2. The largest absolute Gasteiger partial charge is 0.346 e. The van der Waals surface area contributed by atoms with Crippen molar-refractivity contribution < 1.29 is 9.18 Å². The van der Waals surface area contributed by atoms with Crippen molar-refractivity contribution in [3.63, 3.8) is 0 Å². The van der Waals surface area contributed by atoms with Gasteiger partial charge in [0.15, 0.2) is 5.82 Å². The molecule has 3 rings (SSSR count). The second-order valence-electron chi connectivity index (χ2n) is 6.03. The Labute approximate surface area is 134 Å². The van der Waals surface area contributed by atoms with Gasteiger partial charge in [0.2, 0.25) is 5.91 Å². The van der Waals surface area contributed by atoms with Crippen LogP contribution in [0.15, 0.2) is 24.3 Å². The molecule has 6 heteroatoms. The fourth-order valence-corrected chi connectivity index (χ4v) is 3.02. The number of rotatable bonds is 4. The number of nitrogens with zero attached hydrogens (tertiary/aromatic N) is 3. The van der Waals surface area contributed by atoms with Gasteiger partial charge in [0.05, 0.1) is 12.5 Å².